The fourth-order valence-electron chi connectivity index (χ4n) is 0.829. The van der Waals surface area contributed by atoms with Crippen LogP contribution in [0.1, 0.15) is 0 Å². The van der Waals surface area contributed by atoms with Gasteiger partial charge in [-0.3, -0.25) is 0 Å². The van der Waals surface area contributed by atoms with E-state index in [-0.39, 0.29) is 6.61 Å². The molecule has 4 atom stereocenters. The molecule has 0 aliphatic carbocycles. The Morgan fingerprint density at radius 1 is 1.20 bits per heavy atom. The van der Waals surface area contributed by atoms with Crippen LogP contribution in [-0.2, 0) is 4.74 Å². The molecule has 0 aromatic carbocycles. The molecule has 0 aromatic rings. The summed E-state index contributed by atoms with van der Waals surface area (Å²) in [6, 6.07) is 0. The molecule has 0 radical (unpaired) electrons. The smallest absolute Gasteiger partial charge is 0.134 e. The molecule has 60 valence electrons. The molecule has 0 saturated carbocycles. The number of hydrogen-bond acceptors (Lipinski definition) is 5. The molecule has 1 fully saturated rings. The monoisotopic (exact) mass is 149 g/mol. The minimum Gasteiger partial charge on any atom is -0.388 e. The van der Waals surface area contributed by atoms with E-state index in [1.165, 1.54) is 0 Å². The molecule has 1 heterocycles. The molecule has 1 saturated heterocycles. The summed E-state index contributed by atoms with van der Waals surface area (Å²) in [6.45, 7) is -0.0284. The Labute approximate surface area is 58.0 Å². The van der Waals surface area contributed by atoms with Crippen molar-refractivity contribution in [3.8, 4) is 0 Å². The largest absolute Gasteiger partial charge is 0.388 e. The van der Waals surface area contributed by atoms with Crippen LogP contribution in [0.3, 0.4) is 0 Å². The summed E-state index contributed by atoms with van der Waals surface area (Å²) < 4.78 is 4.69. The maximum atomic E-state index is 8.96. The zero-order valence-corrected chi connectivity index (χ0v) is 5.34. The molecule has 1 aliphatic rings. The van der Waals surface area contributed by atoms with Gasteiger partial charge >= 0.3 is 0 Å². The lowest BCUT2D eigenvalue weighted by Gasteiger charge is -2.32. The fourth-order valence-corrected chi connectivity index (χ4v) is 0.829. The van der Waals surface area contributed by atoms with Crippen molar-refractivity contribution in [3.63, 3.8) is 0 Å². The summed E-state index contributed by atoms with van der Waals surface area (Å²) in [7, 11) is 0. The molecule has 5 N–H and O–H groups in total. The maximum Gasteiger partial charge on any atom is 0.134 e. The first kappa shape index (κ1) is 7.90. The number of nitrogens with two attached hydrogens (primary N) is 1. The van der Waals surface area contributed by atoms with Crippen LogP contribution in [0, 0.1) is 0 Å². The summed E-state index contributed by atoms with van der Waals surface area (Å²) in [5.41, 5.74) is 5.19. The Kier molecular flexibility index (Phi) is 2.22. The van der Waals surface area contributed by atoms with Gasteiger partial charge in [-0.1, -0.05) is 0 Å². The highest BCUT2D eigenvalue weighted by Crippen LogP contribution is 2.11. The van der Waals surface area contributed by atoms with Gasteiger partial charge in [0.05, 0.1) is 6.61 Å². The summed E-state index contributed by atoms with van der Waals surface area (Å²) in [4.78, 5) is 0. The van der Waals surface area contributed by atoms with Gasteiger partial charge in [0, 0.05) is 0 Å². The highest BCUT2D eigenvalue weighted by molar-refractivity contribution is 4.83. The number of rotatable bonds is 0. The predicted molar refractivity (Wildman–Crippen MR) is 31.9 cm³/mol. The molecule has 10 heavy (non-hydrogen) atoms. The summed E-state index contributed by atoms with van der Waals surface area (Å²) >= 11 is 0. The van der Waals surface area contributed by atoms with Crippen molar-refractivity contribution in [1.82, 2.24) is 0 Å². The topological polar surface area (TPSA) is 95.9 Å². The van der Waals surface area contributed by atoms with E-state index in [4.69, 9.17) is 25.8 Å². The number of ether oxygens (including phenoxy) is 1. The van der Waals surface area contributed by atoms with Crippen molar-refractivity contribution in [2.24, 2.45) is 5.73 Å². The Bertz CT molecular complexity index is 106. The Balaban J connectivity index is 2.52. The van der Waals surface area contributed by atoms with Gasteiger partial charge in [-0.05, 0) is 0 Å². The number of aliphatic hydroxyl groups is 3. The first-order chi connectivity index (χ1) is 4.63. The van der Waals surface area contributed by atoms with Crippen molar-refractivity contribution >= 4 is 0 Å². The molecule has 0 aromatic heterocycles. The first-order valence-corrected chi connectivity index (χ1v) is 3.04. The van der Waals surface area contributed by atoms with Crippen LogP contribution in [-0.4, -0.2) is 46.5 Å². The van der Waals surface area contributed by atoms with Crippen molar-refractivity contribution in [1.29, 1.82) is 0 Å². The molecule has 0 spiro atoms. The molecular formula is C5H11NO4. The van der Waals surface area contributed by atoms with Gasteiger partial charge in [0.2, 0.25) is 0 Å². The summed E-state index contributed by atoms with van der Waals surface area (Å²) in [5, 5.41) is 26.8. The van der Waals surface area contributed by atoms with E-state index in [0.717, 1.165) is 0 Å². The number of aliphatic hydroxyl groups excluding tert-OH is 3. The highest BCUT2D eigenvalue weighted by Gasteiger charge is 2.35. The SMILES string of the molecule is NC1OC[C@@H](O)[C@@H](O)[C@H]1O. The molecule has 0 amide bonds. The van der Waals surface area contributed by atoms with E-state index in [2.05, 4.69) is 0 Å². The zero-order valence-electron chi connectivity index (χ0n) is 5.34. The molecule has 1 aliphatic heterocycles. The van der Waals surface area contributed by atoms with E-state index >= 15 is 0 Å². The third-order valence-corrected chi connectivity index (χ3v) is 1.54. The van der Waals surface area contributed by atoms with Crippen LogP contribution in [0.5, 0.6) is 0 Å². The molecule has 1 unspecified atom stereocenters. The second-order valence-corrected chi connectivity index (χ2v) is 2.35. The van der Waals surface area contributed by atoms with E-state index in [9.17, 15) is 0 Å². The van der Waals surface area contributed by atoms with Gasteiger partial charge in [-0.15, -0.1) is 0 Å². The molecule has 0 bridgehead atoms. The van der Waals surface area contributed by atoms with E-state index in [0.29, 0.717) is 0 Å². The second kappa shape index (κ2) is 2.81. The Hall–Kier alpha value is -0.200. The van der Waals surface area contributed by atoms with Gasteiger partial charge < -0.3 is 25.8 Å². The van der Waals surface area contributed by atoms with E-state index in [1.807, 2.05) is 0 Å². The zero-order chi connectivity index (χ0) is 7.72. The van der Waals surface area contributed by atoms with Crippen molar-refractivity contribution < 1.29 is 20.1 Å². The molecule has 5 nitrogen and oxygen atoms in total. The van der Waals surface area contributed by atoms with Gasteiger partial charge in [0.25, 0.3) is 0 Å². The first-order valence-electron chi connectivity index (χ1n) is 3.04. The molecule has 1 rings (SSSR count). The second-order valence-electron chi connectivity index (χ2n) is 2.35. The average molecular weight is 149 g/mol. The normalized spacial score (nSPS) is 49.2. The standard InChI is InChI=1S/C5H11NO4/c6-5-4(9)3(8)2(7)1-10-5/h2-5,7-9H,1,6H2/t2-,3-,4-,5?/m1/s1. The van der Waals surface area contributed by atoms with Crippen molar-refractivity contribution in [3.05, 3.63) is 0 Å². The van der Waals surface area contributed by atoms with Gasteiger partial charge in [0.15, 0.2) is 0 Å². The van der Waals surface area contributed by atoms with Crippen LogP contribution in [0.15, 0.2) is 0 Å². The van der Waals surface area contributed by atoms with E-state index in [1.54, 1.807) is 0 Å². The minimum absolute atomic E-state index is 0.0284. The van der Waals surface area contributed by atoms with Gasteiger partial charge in [-0.25, -0.2) is 0 Å². The average Bonchev–Trinajstić information content (AvgIpc) is 1.93. The Morgan fingerprint density at radius 3 is 2.30 bits per heavy atom. The third-order valence-electron chi connectivity index (χ3n) is 1.54. The lowest BCUT2D eigenvalue weighted by molar-refractivity contribution is -0.184. The fraction of sp³-hybridized carbons (Fsp3) is 1.00. The van der Waals surface area contributed by atoms with Crippen LogP contribution < -0.4 is 5.73 Å². The van der Waals surface area contributed by atoms with Crippen molar-refractivity contribution in [2.75, 3.05) is 6.61 Å². The lowest BCUT2D eigenvalue weighted by atomic mass is 10.1. The predicted octanol–water partition coefficient (Wildman–Crippen LogP) is -2.62. The summed E-state index contributed by atoms with van der Waals surface area (Å²) in [5.74, 6) is 0. The van der Waals surface area contributed by atoms with Crippen LogP contribution >= 0.6 is 0 Å². The van der Waals surface area contributed by atoms with Crippen LogP contribution in [0.2, 0.25) is 0 Å². The van der Waals surface area contributed by atoms with Crippen LogP contribution in [0.4, 0.5) is 0 Å². The lowest BCUT2D eigenvalue weighted by Crippen LogP contribution is -2.56. The van der Waals surface area contributed by atoms with Crippen molar-refractivity contribution in [2.45, 2.75) is 24.5 Å². The Morgan fingerprint density at radius 2 is 1.80 bits per heavy atom. The minimum atomic E-state index is -1.19. The molecular weight excluding hydrogens is 138 g/mol. The summed E-state index contributed by atoms with van der Waals surface area (Å²) in [6.07, 6.45) is -4.30. The third kappa shape index (κ3) is 1.28. The van der Waals surface area contributed by atoms with Gasteiger partial charge in [0.1, 0.15) is 24.5 Å². The quantitative estimate of drug-likeness (QED) is 0.302. The number of hydrogen-bond donors (Lipinski definition) is 4. The van der Waals surface area contributed by atoms with Crippen LogP contribution in [0.25, 0.3) is 0 Å². The van der Waals surface area contributed by atoms with E-state index < -0.39 is 24.5 Å². The highest BCUT2D eigenvalue weighted by atomic mass is 16.5. The van der Waals surface area contributed by atoms with Gasteiger partial charge in [-0.2, -0.15) is 0 Å². The molecule has 5 heteroatoms. The maximum absolute atomic E-state index is 8.96.